The Morgan fingerprint density at radius 2 is 1.85 bits per heavy atom. The zero-order chi connectivity index (χ0) is 18.6. The molecule has 0 amide bonds. The summed E-state index contributed by atoms with van der Waals surface area (Å²) in [6.07, 6.45) is 10.6. The minimum atomic E-state index is 0.731. The second-order valence-corrected chi connectivity index (χ2v) is 7.78. The molecule has 1 saturated carbocycles. The Balaban J connectivity index is 1.50. The molecule has 0 radical (unpaired) electrons. The molecule has 3 aromatic rings. The van der Waals surface area contributed by atoms with Crippen LogP contribution in [0.2, 0.25) is 0 Å². The zero-order valence-electron chi connectivity index (χ0n) is 16.3. The molecular weight excluding hydrogens is 336 g/mol. The summed E-state index contributed by atoms with van der Waals surface area (Å²) in [6, 6.07) is 11.0. The minimum Gasteiger partial charge on any atom is -0.360 e. The monoisotopic (exact) mass is 364 g/mol. The molecule has 142 valence electrons. The average molecular weight is 364 g/mol. The highest BCUT2D eigenvalue weighted by Gasteiger charge is 2.17. The Morgan fingerprint density at radius 3 is 2.56 bits per heavy atom. The molecule has 0 aliphatic heterocycles. The van der Waals surface area contributed by atoms with Crippen LogP contribution >= 0.6 is 0 Å². The Kier molecular flexibility index (Phi) is 5.39. The molecule has 0 N–H and O–H groups in total. The summed E-state index contributed by atoms with van der Waals surface area (Å²) in [5, 5.41) is 8.51. The number of benzene rings is 1. The molecule has 0 saturated heterocycles. The standard InChI is InChI=1S/C22H28N4O/c1-25(16-21-12-13-23-27-21)14-20-15-26(2)24-22(20)19-10-8-18(9-11-19)17-6-4-3-5-7-17/h8-13,15,17H,3-7,14,16H2,1-2H3. The van der Waals surface area contributed by atoms with Crippen LogP contribution in [0.25, 0.3) is 11.3 Å². The first kappa shape index (κ1) is 18.0. The third-order valence-electron chi connectivity index (χ3n) is 5.52. The van der Waals surface area contributed by atoms with Crippen molar-refractivity contribution < 1.29 is 4.52 Å². The average Bonchev–Trinajstić information content (AvgIpc) is 3.32. The molecule has 0 unspecified atom stereocenters. The summed E-state index contributed by atoms with van der Waals surface area (Å²) in [5.74, 6) is 1.61. The number of aryl methyl sites for hydroxylation is 1. The summed E-state index contributed by atoms with van der Waals surface area (Å²) < 4.78 is 7.12. The van der Waals surface area contributed by atoms with E-state index in [4.69, 9.17) is 9.62 Å². The van der Waals surface area contributed by atoms with E-state index < -0.39 is 0 Å². The van der Waals surface area contributed by atoms with Crippen molar-refractivity contribution in [2.75, 3.05) is 7.05 Å². The lowest BCUT2D eigenvalue weighted by Crippen LogP contribution is -2.17. The summed E-state index contributed by atoms with van der Waals surface area (Å²) >= 11 is 0. The van der Waals surface area contributed by atoms with Gasteiger partial charge in [0, 0.05) is 37.0 Å². The minimum absolute atomic E-state index is 0.731. The van der Waals surface area contributed by atoms with Crippen molar-refractivity contribution in [3.05, 3.63) is 59.6 Å². The summed E-state index contributed by atoms with van der Waals surface area (Å²) in [5.41, 5.74) is 4.97. The number of aromatic nitrogens is 3. The largest absolute Gasteiger partial charge is 0.360 e. The maximum atomic E-state index is 5.22. The molecule has 0 bridgehead atoms. The molecule has 1 aromatic carbocycles. The van der Waals surface area contributed by atoms with Gasteiger partial charge in [-0.3, -0.25) is 9.58 Å². The first-order chi connectivity index (χ1) is 13.2. The van der Waals surface area contributed by atoms with Crippen molar-refractivity contribution in [2.45, 2.75) is 51.1 Å². The van der Waals surface area contributed by atoms with Crippen molar-refractivity contribution in [1.82, 2.24) is 19.8 Å². The van der Waals surface area contributed by atoms with Crippen LogP contribution < -0.4 is 0 Å². The van der Waals surface area contributed by atoms with Crippen LogP contribution in [0.3, 0.4) is 0 Å². The molecule has 27 heavy (non-hydrogen) atoms. The van der Waals surface area contributed by atoms with E-state index in [-0.39, 0.29) is 0 Å². The molecule has 0 atom stereocenters. The highest BCUT2D eigenvalue weighted by Crippen LogP contribution is 2.34. The quantitative estimate of drug-likeness (QED) is 0.633. The summed E-state index contributed by atoms with van der Waals surface area (Å²) in [6.45, 7) is 1.54. The fraction of sp³-hybridized carbons (Fsp3) is 0.455. The molecule has 2 aromatic heterocycles. The van der Waals surface area contributed by atoms with E-state index in [9.17, 15) is 0 Å². The Morgan fingerprint density at radius 1 is 1.07 bits per heavy atom. The smallest absolute Gasteiger partial charge is 0.150 e. The predicted octanol–water partition coefficient (Wildman–Crippen LogP) is 4.75. The molecule has 1 aliphatic rings. The van der Waals surface area contributed by atoms with Crippen LogP contribution in [-0.2, 0) is 20.1 Å². The topological polar surface area (TPSA) is 47.1 Å². The van der Waals surface area contributed by atoms with Gasteiger partial charge in [-0.2, -0.15) is 5.10 Å². The number of nitrogens with zero attached hydrogens (tertiary/aromatic N) is 4. The van der Waals surface area contributed by atoms with Gasteiger partial charge in [0.05, 0.1) is 18.4 Å². The van der Waals surface area contributed by atoms with Crippen molar-refractivity contribution in [2.24, 2.45) is 7.05 Å². The Labute approximate surface area is 161 Å². The van der Waals surface area contributed by atoms with Gasteiger partial charge in [0.2, 0.25) is 0 Å². The second kappa shape index (κ2) is 8.09. The van der Waals surface area contributed by atoms with Gasteiger partial charge in [-0.1, -0.05) is 48.7 Å². The molecule has 5 heteroatoms. The normalized spacial score (nSPS) is 15.5. The number of hydrogen-bond donors (Lipinski definition) is 0. The van der Waals surface area contributed by atoms with Gasteiger partial charge in [0.15, 0.2) is 5.76 Å². The van der Waals surface area contributed by atoms with Gasteiger partial charge >= 0.3 is 0 Å². The predicted molar refractivity (Wildman–Crippen MR) is 106 cm³/mol. The summed E-state index contributed by atoms with van der Waals surface area (Å²) in [7, 11) is 4.07. The van der Waals surface area contributed by atoms with Gasteiger partial charge in [0.25, 0.3) is 0 Å². The zero-order valence-corrected chi connectivity index (χ0v) is 16.3. The van der Waals surface area contributed by atoms with Crippen LogP contribution in [0.4, 0.5) is 0 Å². The molecule has 1 aliphatic carbocycles. The van der Waals surface area contributed by atoms with E-state index in [1.165, 1.54) is 48.8 Å². The maximum Gasteiger partial charge on any atom is 0.150 e. The van der Waals surface area contributed by atoms with E-state index in [1.807, 2.05) is 17.8 Å². The number of hydrogen-bond acceptors (Lipinski definition) is 4. The van der Waals surface area contributed by atoms with E-state index >= 15 is 0 Å². The van der Waals surface area contributed by atoms with Gasteiger partial charge in [0.1, 0.15) is 0 Å². The molecule has 4 rings (SSSR count). The molecule has 5 nitrogen and oxygen atoms in total. The van der Waals surface area contributed by atoms with E-state index in [1.54, 1.807) is 6.20 Å². The molecule has 2 heterocycles. The summed E-state index contributed by atoms with van der Waals surface area (Å²) in [4.78, 5) is 2.22. The molecular formula is C22H28N4O. The van der Waals surface area contributed by atoms with Gasteiger partial charge in [-0.05, 0) is 31.4 Å². The van der Waals surface area contributed by atoms with Gasteiger partial charge in [-0.25, -0.2) is 0 Å². The lowest BCUT2D eigenvalue weighted by Gasteiger charge is -2.22. The van der Waals surface area contributed by atoms with Crippen molar-refractivity contribution in [3.63, 3.8) is 0 Å². The van der Waals surface area contributed by atoms with Crippen molar-refractivity contribution in [3.8, 4) is 11.3 Å². The lowest BCUT2D eigenvalue weighted by atomic mass is 9.84. The third kappa shape index (κ3) is 4.30. The van der Waals surface area contributed by atoms with Gasteiger partial charge < -0.3 is 4.52 Å². The van der Waals surface area contributed by atoms with Crippen molar-refractivity contribution in [1.29, 1.82) is 0 Å². The first-order valence-electron chi connectivity index (χ1n) is 9.90. The van der Waals surface area contributed by atoms with E-state index in [0.717, 1.165) is 30.5 Å². The molecule has 1 fully saturated rings. The number of rotatable bonds is 6. The van der Waals surface area contributed by atoms with E-state index in [2.05, 4.69) is 47.6 Å². The van der Waals surface area contributed by atoms with Gasteiger partial charge in [-0.15, -0.1) is 0 Å². The second-order valence-electron chi connectivity index (χ2n) is 7.78. The fourth-order valence-electron chi connectivity index (χ4n) is 4.18. The van der Waals surface area contributed by atoms with Crippen molar-refractivity contribution >= 4 is 0 Å². The van der Waals surface area contributed by atoms with Crippen LogP contribution in [0.1, 0.15) is 54.9 Å². The van der Waals surface area contributed by atoms with Crippen LogP contribution in [0.5, 0.6) is 0 Å². The first-order valence-corrected chi connectivity index (χ1v) is 9.90. The highest BCUT2D eigenvalue weighted by molar-refractivity contribution is 5.63. The third-order valence-corrected chi connectivity index (χ3v) is 5.52. The van der Waals surface area contributed by atoms with Crippen LogP contribution in [-0.4, -0.2) is 26.9 Å². The van der Waals surface area contributed by atoms with E-state index in [0.29, 0.717) is 0 Å². The van der Waals surface area contributed by atoms with Crippen LogP contribution in [0, 0.1) is 0 Å². The Bertz CT molecular complexity index is 845. The fourth-order valence-corrected chi connectivity index (χ4v) is 4.18. The Hall–Kier alpha value is -2.40. The highest BCUT2D eigenvalue weighted by atomic mass is 16.5. The van der Waals surface area contributed by atoms with Crippen LogP contribution in [0.15, 0.2) is 47.2 Å². The SMILES string of the molecule is CN(Cc1ccno1)Cc1cn(C)nc1-c1ccc(C2CCCCC2)cc1. The maximum absolute atomic E-state index is 5.22. The lowest BCUT2D eigenvalue weighted by molar-refractivity contribution is 0.267. The molecule has 0 spiro atoms.